The smallest absolute Gasteiger partial charge is 0.387 e. The number of nitrogens with zero attached hydrogens (tertiary/aromatic N) is 1. The van der Waals surface area contributed by atoms with Crippen LogP contribution in [0.3, 0.4) is 0 Å². The highest BCUT2D eigenvalue weighted by Gasteiger charge is 2.16. The minimum Gasteiger partial charge on any atom is -0.494 e. The molecule has 0 unspecified atom stereocenters. The zero-order chi connectivity index (χ0) is 21.1. The van der Waals surface area contributed by atoms with Crippen LogP contribution >= 0.6 is 0 Å². The van der Waals surface area contributed by atoms with E-state index >= 15 is 0 Å². The number of benzene rings is 2. The molecule has 0 aliphatic heterocycles. The molecular formula is C21H27F2N3O3. The van der Waals surface area contributed by atoms with Gasteiger partial charge in [0.05, 0.1) is 13.2 Å². The van der Waals surface area contributed by atoms with Gasteiger partial charge in [0.25, 0.3) is 0 Å². The van der Waals surface area contributed by atoms with Crippen LogP contribution in [0.15, 0.2) is 47.5 Å². The molecule has 0 amide bonds. The molecule has 29 heavy (non-hydrogen) atoms. The highest BCUT2D eigenvalue weighted by molar-refractivity contribution is 5.79. The number of ether oxygens (including phenoxy) is 3. The van der Waals surface area contributed by atoms with Crippen molar-refractivity contribution in [1.82, 2.24) is 10.6 Å². The van der Waals surface area contributed by atoms with Crippen molar-refractivity contribution < 1.29 is 23.0 Å². The average molecular weight is 407 g/mol. The van der Waals surface area contributed by atoms with E-state index in [1.807, 2.05) is 31.2 Å². The first-order valence-corrected chi connectivity index (χ1v) is 9.43. The number of hydrogen-bond donors (Lipinski definition) is 2. The van der Waals surface area contributed by atoms with Crippen molar-refractivity contribution >= 4 is 5.96 Å². The van der Waals surface area contributed by atoms with E-state index in [9.17, 15) is 8.78 Å². The molecule has 0 aromatic heterocycles. The Morgan fingerprint density at radius 3 is 2.14 bits per heavy atom. The lowest BCUT2D eigenvalue weighted by atomic mass is 10.2. The molecule has 0 aliphatic carbocycles. The van der Waals surface area contributed by atoms with E-state index < -0.39 is 6.61 Å². The summed E-state index contributed by atoms with van der Waals surface area (Å²) in [6.07, 6.45) is 0. The highest BCUT2D eigenvalue weighted by Crippen LogP contribution is 2.32. The van der Waals surface area contributed by atoms with Crippen LogP contribution in [0.1, 0.15) is 25.0 Å². The zero-order valence-corrected chi connectivity index (χ0v) is 16.9. The molecule has 0 saturated carbocycles. The maximum atomic E-state index is 12.8. The van der Waals surface area contributed by atoms with Crippen LogP contribution in [0.2, 0.25) is 0 Å². The van der Waals surface area contributed by atoms with Crippen LogP contribution in [0.5, 0.6) is 17.2 Å². The fourth-order valence-electron chi connectivity index (χ4n) is 2.72. The lowest BCUT2D eigenvalue weighted by Gasteiger charge is -2.17. The average Bonchev–Trinajstić information content (AvgIpc) is 2.71. The van der Waals surface area contributed by atoms with Crippen molar-refractivity contribution in [2.45, 2.75) is 33.5 Å². The Bertz CT molecular complexity index is 800. The summed E-state index contributed by atoms with van der Waals surface area (Å²) in [7, 11) is 1.64. The van der Waals surface area contributed by atoms with Gasteiger partial charge in [-0.2, -0.15) is 8.78 Å². The standard InChI is InChI=1S/C21H27F2N3O3/c1-4-27-17-11-7-6-9-15(17)13-25-21(24-3)26-14-16-10-8-12-18(28-5-2)19(16)29-20(22)23/h6-12,20H,4-5,13-14H2,1-3H3,(H2,24,25,26). The number of aliphatic imine (C=N–C) groups is 1. The van der Waals surface area contributed by atoms with Gasteiger partial charge in [0, 0.05) is 31.3 Å². The van der Waals surface area contributed by atoms with Crippen molar-refractivity contribution in [3.63, 3.8) is 0 Å². The molecule has 2 aromatic carbocycles. The van der Waals surface area contributed by atoms with Gasteiger partial charge in [-0.05, 0) is 26.0 Å². The Kier molecular flexibility index (Phi) is 9.01. The van der Waals surface area contributed by atoms with Crippen molar-refractivity contribution in [3.05, 3.63) is 53.6 Å². The molecule has 0 heterocycles. The summed E-state index contributed by atoms with van der Waals surface area (Å²) in [5, 5.41) is 6.30. The van der Waals surface area contributed by atoms with Crippen LogP contribution < -0.4 is 24.8 Å². The second-order valence-corrected chi connectivity index (χ2v) is 5.88. The number of nitrogens with one attached hydrogen (secondary N) is 2. The lowest BCUT2D eigenvalue weighted by molar-refractivity contribution is -0.0520. The van der Waals surface area contributed by atoms with Crippen molar-refractivity contribution in [3.8, 4) is 17.2 Å². The topological polar surface area (TPSA) is 64.1 Å². The molecular weight excluding hydrogens is 380 g/mol. The SMILES string of the molecule is CCOc1ccccc1CNC(=NC)NCc1cccc(OCC)c1OC(F)F. The molecule has 0 atom stereocenters. The molecule has 0 bridgehead atoms. The predicted octanol–water partition coefficient (Wildman–Crippen LogP) is 3.95. The Hall–Kier alpha value is -3.03. The molecule has 158 valence electrons. The van der Waals surface area contributed by atoms with Gasteiger partial charge in [0.2, 0.25) is 0 Å². The van der Waals surface area contributed by atoms with Gasteiger partial charge >= 0.3 is 6.61 Å². The molecule has 0 fully saturated rings. The van der Waals surface area contributed by atoms with Crippen LogP contribution in [0.25, 0.3) is 0 Å². The van der Waals surface area contributed by atoms with Crippen LogP contribution in [-0.2, 0) is 13.1 Å². The Labute approximate surface area is 169 Å². The summed E-state index contributed by atoms with van der Waals surface area (Å²) in [4.78, 5) is 4.18. The molecule has 2 N–H and O–H groups in total. The number of halogens is 2. The van der Waals surface area contributed by atoms with Crippen molar-refractivity contribution in [1.29, 1.82) is 0 Å². The number of alkyl halides is 2. The van der Waals surface area contributed by atoms with Gasteiger partial charge in [0.1, 0.15) is 5.75 Å². The van der Waals surface area contributed by atoms with Gasteiger partial charge in [0.15, 0.2) is 17.5 Å². The van der Waals surface area contributed by atoms with E-state index in [1.165, 1.54) is 0 Å². The minimum absolute atomic E-state index is 0.0222. The van der Waals surface area contributed by atoms with Gasteiger partial charge in [-0.25, -0.2) is 0 Å². The number of hydrogen-bond acceptors (Lipinski definition) is 4. The normalized spacial score (nSPS) is 11.3. The Balaban J connectivity index is 2.05. The maximum absolute atomic E-state index is 12.8. The van der Waals surface area contributed by atoms with E-state index in [0.29, 0.717) is 31.3 Å². The van der Waals surface area contributed by atoms with Crippen LogP contribution in [0.4, 0.5) is 8.78 Å². The van der Waals surface area contributed by atoms with Gasteiger partial charge < -0.3 is 24.8 Å². The van der Waals surface area contributed by atoms with Crippen molar-refractivity contribution in [2.24, 2.45) is 4.99 Å². The van der Waals surface area contributed by atoms with E-state index in [4.69, 9.17) is 14.2 Å². The lowest BCUT2D eigenvalue weighted by Crippen LogP contribution is -2.36. The predicted molar refractivity (Wildman–Crippen MR) is 109 cm³/mol. The molecule has 0 spiro atoms. The van der Waals surface area contributed by atoms with E-state index in [-0.39, 0.29) is 18.0 Å². The summed E-state index contributed by atoms with van der Waals surface area (Å²) >= 11 is 0. The first-order chi connectivity index (χ1) is 14.1. The van der Waals surface area contributed by atoms with Gasteiger partial charge in [-0.15, -0.1) is 0 Å². The summed E-state index contributed by atoms with van der Waals surface area (Å²) in [6.45, 7) is 2.42. The third kappa shape index (κ3) is 6.81. The third-order valence-electron chi connectivity index (χ3n) is 3.96. The first-order valence-electron chi connectivity index (χ1n) is 9.43. The molecule has 0 radical (unpaired) electrons. The fraction of sp³-hybridized carbons (Fsp3) is 0.381. The Morgan fingerprint density at radius 2 is 1.48 bits per heavy atom. The van der Waals surface area contributed by atoms with E-state index in [1.54, 1.807) is 32.2 Å². The summed E-state index contributed by atoms with van der Waals surface area (Å²) in [6, 6.07) is 12.7. The number of guanidine groups is 1. The van der Waals surface area contributed by atoms with E-state index in [0.717, 1.165) is 11.3 Å². The van der Waals surface area contributed by atoms with Crippen LogP contribution in [0, 0.1) is 0 Å². The fourth-order valence-corrected chi connectivity index (χ4v) is 2.72. The molecule has 0 aliphatic rings. The zero-order valence-electron chi connectivity index (χ0n) is 16.9. The second kappa shape index (κ2) is 11.7. The van der Waals surface area contributed by atoms with Gasteiger partial charge in [-0.1, -0.05) is 30.3 Å². The summed E-state index contributed by atoms with van der Waals surface area (Å²) in [5.74, 6) is 1.62. The molecule has 2 aromatic rings. The molecule has 2 rings (SSSR count). The minimum atomic E-state index is -2.94. The van der Waals surface area contributed by atoms with Gasteiger partial charge in [-0.3, -0.25) is 4.99 Å². The van der Waals surface area contributed by atoms with E-state index in [2.05, 4.69) is 15.6 Å². The number of rotatable bonds is 10. The monoisotopic (exact) mass is 407 g/mol. The third-order valence-corrected chi connectivity index (χ3v) is 3.96. The largest absolute Gasteiger partial charge is 0.494 e. The quantitative estimate of drug-likeness (QED) is 0.461. The summed E-state index contributed by atoms with van der Waals surface area (Å²) < 4.78 is 41.4. The van der Waals surface area contributed by atoms with Crippen LogP contribution in [-0.4, -0.2) is 32.8 Å². The first kappa shape index (κ1) is 22.3. The second-order valence-electron chi connectivity index (χ2n) is 5.88. The Morgan fingerprint density at radius 1 is 0.897 bits per heavy atom. The molecule has 0 saturated heterocycles. The number of para-hydroxylation sites is 2. The molecule has 8 heteroatoms. The highest BCUT2D eigenvalue weighted by atomic mass is 19.3. The summed E-state index contributed by atoms with van der Waals surface area (Å²) in [5.41, 5.74) is 1.52. The maximum Gasteiger partial charge on any atom is 0.387 e. The molecule has 6 nitrogen and oxygen atoms in total. The van der Waals surface area contributed by atoms with Crippen molar-refractivity contribution in [2.75, 3.05) is 20.3 Å².